The number of benzene rings is 1. The molecule has 1 aliphatic heterocycles. The fraction of sp³-hybridized carbons (Fsp3) is 0.500. The first-order chi connectivity index (χ1) is 8.63. The standard InChI is InChI=1S/C14H19FN2O/c1-10(12-4-2-3-5-13(12)15)14(18)17-7-6-11(8-16)9-17/h2-5,10-11H,6-9,16H2,1H3/t10-,11+/m0/s1. The highest BCUT2D eigenvalue weighted by Crippen LogP contribution is 2.24. The van der Waals surface area contributed by atoms with Gasteiger partial charge in [-0.3, -0.25) is 4.79 Å². The summed E-state index contributed by atoms with van der Waals surface area (Å²) in [4.78, 5) is 14.1. The summed E-state index contributed by atoms with van der Waals surface area (Å²) in [6.45, 7) is 3.81. The molecule has 98 valence electrons. The highest BCUT2D eigenvalue weighted by Gasteiger charge is 2.29. The Morgan fingerprint density at radius 2 is 2.28 bits per heavy atom. The van der Waals surface area contributed by atoms with Gasteiger partial charge in [0.25, 0.3) is 0 Å². The van der Waals surface area contributed by atoms with Crippen LogP contribution in [0, 0.1) is 11.7 Å². The van der Waals surface area contributed by atoms with Crippen LogP contribution in [0.1, 0.15) is 24.8 Å². The summed E-state index contributed by atoms with van der Waals surface area (Å²) in [5.41, 5.74) is 6.08. The molecule has 0 spiro atoms. The molecule has 2 atom stereocenters. The molecule has 3 nitrogen and oxygen atoms in total. The van der Waals surface area contributed by atoms with Crippen LogP contribution in [-0.2, 0) is 4.79 Å². The molecule has 2 N–H and O–H groups in total. The van der Waals surface area contributed by atoms with Crippen LogP contribution in [0.25, 0.3) is 0 Å². The smallest absolute Gasteiger partial charge is 0.229 e. The third-order valence-electron chi connectivity index (χ3n) is 3.67. The minimum atomic E-state index is -0.428. The van der Waals surface area contributed by atoms with E-state index in [0.717, 1.165) is 13.0 Å². The van der Waals surface area contributed by atoms with Crippen molar-refractivity contribution in [2.24, 2.45) is 11.7 Å². The summed E-state index contributed by atoms with van der Waals surface area (Å²) < 4.78 is 13.6. The molecule has 0 unspecified atom stereocenters. The molecule has 18 heavy (non-hydrogen) atoms. The van der Waals surface area contributed by atoms with Crippen molar-refractivity contribution in [3.8, 4) is 0 Å². The summed E-state index contributed by atoms with van der Waals surface area (Å²) in [5.74, 6) is -0.353. The zero-order chi connectivity index (χ0) is 13.1. The molecule has 1 aromatic rings. The van der Waals surface area contributed by atoms with E-state index in [1.165, 1.54) is 6.07 Å². The van der Waals surface area contributed by atoms with Crippen LogP contribution in [0.2, 0.25) is 0 Å². The van der Waals surface area contributed by atoms with Gasteiger partial charge in [0.05, 0.1) is 5.92 Å². The van der Waals surface area contributed by atoms with E-state index in [1.54, 1.807) is 30.0 Å². The molecular formula is C14H19FN2O. The molecule has 1 heterocycles. The Bertz CT molecular complexity index is 436. The summed E-state index contributed by atoms with van der Waals surface area (Å²) in [7, 11) is 0. The van der Waals surface area contributed by atoms with E-state index in [1.807, 2.05) is 0 Å². The van der Waals surface area contributed by atoms with Crippen LogP contribution in [0.15, 0.2) is 24.3 Å². The molecule has 0 radical (unpaired) electrons. The SMILES string of the molecule is C[C@H](C(=O)N1CC[C@H](CN)C1)c1ccccc1F. The van der Waals surface area contributed by atoms with Crippen molar-refractivity contribution in [1.29, 1.82) is 0 Å². The molecule has 0 bridgehead atoms. The van der Waals surface area contributed by atoms with Crippen LogP contribution < -0.4 is 5.73 Å². The Hall–Kier alpha value is -1.42. The number of rotatable bonds is 3. The van der Waals surface area contributed by atoms with Crippen molar-refractivity contribution < 1.29 is 9.18 Å². The fourth-order valence-corrected chi connectivity index (χ4v) is 2.46. The van der Waals surface area contributed by atoms with Crippen molar-refractivity contribution in [2.45, 2.75) is 19.3 Å². The second-order valence-corrected chi connectivity index (χ2v) is 4.92. The Morgan fingerprint density at radius 1 is 1.56 bits per heavy atom. The normalized spacial score (nSPS) is 21.1. The Kier molecular flexibility index (Phi) is 3.97. The third-order valence-corrected chi connectivity index (χ3v) is 3.67. The number of hydrogen-bond donors (Lipinski definition) is 1. The second kappa shape index (κ2) is 5.48. The number of carbonyl (C=O) groups is 1. The predicted octanol–water partition coefficient (Wildman–Crippen LogP) is 1.74. The zero-order valence-corrected chi connectivity index (χ0v) is 10.6. The van der Waals surface area contributed by atoms with Gasteiger partial charge in [-0.05, 0) is 37.4 Å². The van der Waals surface area contributed by atoms with Crippen molar-refractivity contribution in [3.63, 3.8) is 0 Å². The number of halogens is 1. The minimum Gasteiger partial charge on any atom is -0.342 e. The second-order valence-electron chi connectivity index (χ2n) is 4.92. The van der Waals surface area contributed by atoms with Crippen LogP contribution >= 0.6 is 0 Å². The average molecular weight is 250 g/mol. The number of nitrogens with two attached hydrogens (primary N) is 1. The van der Waals surface area contributed by atoms with E-state index in [2.05, 4.69) is 0 Å². The molecule has 1 fully saturated rings. The van der Waals surface area contributed by atoms with E-state index in [9.17, 15) is 9.18 Å². The summed E-state index contributed by atoms with van der Waals surface area (Å²) in [5, 5.41) is 0. The van der Waals surface area contributed by atoms with Crippen LogP contribution in [0.3, 0.4) is 0 Å². The lowest BCUT2D eigenvalue weighted by molar-refractivity contribution is -0.131. The van der Waals surface area contributed by atoms with Crippen molar-refractivity contribution in [1.82, 2.24) is 4.90 Å². The van der Waals surface area contributed by atoms with Crippen LogP contribution in [-0.4, -0.2) is 30.4 Å². The summed E-state index contributed by atoms with van der Waals surface area (Å²) >= 11 is 0. The number of amides is 1. The minimum absolute atomic E-state index is 0.00366. The number of nitrogens with zero attached hydrogens (tertiary/aromatic N) is 1. The van der Waals surface area contributed by atoms with Gasteiger partial charge in [-0.2, -0.15) is 0 Å². The Morgan fingerprint density at radius 3 is 2.89 bits per heavy atom. The van der Waals surface area contributed by atoms with Gasteiger partial charge in [-0.15, -0.1) is 0 Å². The van der Waals surface area contributed by atoms with Crippen molar-refractivity contribution in [3.05, 3.63) is 35.6 Å². The van der Waals surface area contributed by atoms with E-state index in [4.69, 9.17) is 5.73 Å². The maximum absolute atomic E-state index is 13.6. The van der Waals surface area contributed by atoms with Crippen molar-refractivity contribution in [2.75, 3.05) is 19.6 Å². The van der Waals surface area contributed by atoms with E-state index in [0.29, 0.717) is 24.6 Å². The first kappa shape index (κ1) is 13.0. The van der Waals surface area contributed by atoms with Gasteiger partial charge in [0.2, 0.25) is 5.91 Å². The van der Waals surface area contributed by atoms with E-state index >= 15 is 0 Å². The van der Waals surface area contributed by atoms with Gasteiger partial charge in [-0.25, -0.2) is 4.39 Å². The summed E-state index contributed by atoms with van der Waals surface area (Å²) in [6.07, 6.45) is 0.951. The summed E-state index contributed by atoms with van der Waals surface area (Å²) in [6, 6.07) is 6.46. The number of carbonyl (C=O) groups excluding carboxylic acids is 1. The van der Waals surface area contributed by atoms with E-state index < -0.39 is 5.92 Å². The molecule has 1 amide bonds. The maximum Gasteiger partial charge on any atom is 0.229 e. The number of likely N-dealkylation sites (tertiary alicyclic amines) is 1. The van der Waals surface area contributed by atoms with Gasteiger partial charge in [0, 0.05) is 13.1 Å². The molecule has 1 aliphatic rings. The molecule has 0 aromatic heterocycles. The lowest BCUT2D eigenvalue weighted by Crippen LogP contribution is -2.33. The van der Waals surface area contributed by atoms with Crippen LogP contribution in [0.5, 0.6) is 0 Å². The molecule has 1 aromatic carbocycles. The number of hydrogen-bond acceptors (Lipinski definition) is 2. The monoisotopic (exact) mass is 250 g/mol. The average Bonchev–Trinajstić information content (AvgIpc) is 2.86. The van der Waals surface area contributed by atoms with E-state index in [-0.39, 0.29) is 11.7 Å². The lowest BCUT2D eigenvalue weighted by atomic mass is 9.99. The molecular weight excluding hydrogens is 231 g/mol. The molecule has 0 aliphatic carbocycles. The highest BCUT2D eigenvalue weighted by molar-refractivity contribution is 5.83. The van der Waals surface area contributed by atoms with Gasteiger partial charge >= 0.3 is 0 Å². The molecule has 4 heteroatoms. The maximum atomic E-state index is 13.6. The van der Waals surface area contributed by atoms with Gasteiger partial charge in [0.1, 0.15) is 5.82 Å². The first-order valence-electron chi connectivity index (χ1n) is 6.36. The predicted molar refractivity (Wildman–Crippen MR) is 68.6 cm³/mol. The highest BCUT2D eigenvalue weighted by atomic mass is 19.1. The topological polar surface area (TPSA) is 46.3 Å². The molecule has 0 saturated carbocycles. The molecule has 1 saturated heterocycles. The van der Waals surface area contributed by atoms with Gasteiger partial charge < -0.3 is 10.6 Å². The zero-order valence-electron chi connectivity index (χ0n) is 10.6. The first-order valence-corrected chi connectivity index (χ1v) is 6.36. The van der Waals surface area contributed by atoms with Gasteiger partial charge in [-0.1, -0.05) is 18.2 Å². The molecule has 2 rings (SSSR count). The quantitative estimate of drug-likeness (QED) is 0.888. The third kappa shape index (κ3) is 2.53. The van der Waals surface area contributed by atoms with Crippen molar-refractivity contribution >= 4 is 5.91 Å². The largest absolute Gasteiger partial charge is 0.342 e. The van der Waals surface area contributed by atoms with Gasteiger partial charge in [0.15, 0.2) is 0 Å². The lowest BCUT2D eigenvalue weighted by Gasteiger charge is -2.21. The Balaban J connectivity index is 2.08. The fourth-order valence-electron chi connectivity index (χ4n) is 2.46. The Labute approximate surface area is 107 Å². The van der Waals surface area contributed by atoms with Crippen LogP contribution in [0.4, 0.5) is 4.39 Å².